The van der Waals surface area contributed by atoms with Crippen molar-refractivity contribution in [3.63, 3.8) is 0 Å². The van der Waals surface area contributed by atoms with Crippen molar-refractivity contribution in [2.45, 2.75) is 94.1 Å². The molecule has 2 aliphatic carbocycles. The molecular formula is C24H30F5N5O4. The molecule has 5 aliphatic rings. The van der Waals surface area contributed by atoms with Gasteiger partial charge in [-0.3, -0.25) is 19.2 Å². The van der Waals surface area contributed by atoms with Crippen LogP contribution in [0.5, 0.6) is 0 Å². The first kappa shape index (κ1) is 28.0. The van der Waals surface area contributed by atoms with Crippen molar-refractivity contribution >= 4 is 23.6 Å². The van der Waals surface area contributed by atoms with Crippen molar-refractivity contribution in [2.75, 3.05) is 6.54 Å². The number of carbonyl (C=O) groups is 4. The highest BCUT2D eigenvalue weighted by Gasteiger charge is 2.61. The molecule has 210 valence electrons. The number of amides is 4. The molecule has 0 aromatic carbocycles. The minimum Gasteiger partial charge on any atom is -0.356 e. The van der Waals surface area contributed by atoms with E-state index in [2.05, 4.69) is 10.6 Å². The summed E-state index contributed by atoms with van der Waals surface area (Å²) in [5, 5.41) is 16.3. The highest BCUT2D eigenvalue weighted by Crippen LogP contribution is 2.49. The van der Waals surface area contributed by atoms with Gasteiger partial charge in [0, 0.05) is 24.9 Å². The van der Waals surface area contributed by atoms with Crippen LogP contribution in [-0.2, 0) is 19.2 Å². The second kappa shape index (κ2) is 10.6. The fraction of sp³-hybridized carbons (Fsp3) is 0.792. The summed E-state index contributed by atoms with van der Waals surface area (Å²) in [4.78, 5) is 51.5. The van der Waals surface area contributed by atoms with Crippen LogP contribution in [0.15, 0.2) is 0 Å². The molecule has 4 amide bonds. The van der Waals surface area contributed by atoms with E-state index in [9.17, 15) is 46.4 Å². The van der Waals surface area contributed by atoms with Gasteiger partial charge in [0.2, 0.25) is 17.7 Å². The first-order valence-corrected chi connectivity index (χ1v) is 12.9. The number of carbonyl (C=O) groups excluding carboxylic acids is 4. The second-order valence-corrected chi connectivity index (χ2v) is 10.8. The van der Waals surface area contributed by atoms with Crippen molar-refractivity contribution in [1.82, 2.24) is 20.9 Å². The zero-order valence-electron chi connectivity index (χ0n) is 20.5. The summed E-state index contributed by atoms with van der Waals surface area (Å²) < 4.78 is 68.9. The predicted octanol–water partition coefficient (Wildman–Crippen LogP) is 1.77. The molecule has 0 radical (unpaired) electrons. The lowest BCUT2D eigenvalue weighted by Gasteiger charge is -2.54. The minimum atomic E-state index is -5.25. The van der Waals surface area contributed by atoms with Gasteiger partial charge in [-0.2, -0.15) is 18.4 Å². The molecule has 38 heavy (non-hydrogen) atoms. The molecule has 3 N–H and O–H groups in total. The number of piperidine rings is 2. The molecule has 5 fully saturated rings. The molecule has 0 unspecified atom stereocenters. The average Bonchev–Trinajstić information content (AvgIpc) is 3.21. The maximum atomic E-state index is 14.9. The van der Waals surface area contributed by atoms with Crippen molar-refractivity contribution in [2.24, 2.45) is 17.8 Å². The Morgan fingerprint density at radius 3 is 2.34 bits per heavy atom. The van der Waals surface area contributed by atoms with E-state index in [1.165, 1.54) is 0 Å². The van der Waals surface area contributed by atoms with Crippen LogP contribution in [0.3, 0.4) is 0 Å². The molecule has 3 saturated heterocycles. The highest BCUT2D eigenvalue weighted by atomic mass is 19.4. The van der Waals surface area contributed by atoms with Gasteiger partial charge in [-0.05, 0) is 38.0 Å². The molecule has 0 aromatic rings. The number of fused-ring (bicyclic) bond motifs is 3. The van der Waals surface area contributed by atoms with Crippen molar-refractivity contribution in [1.29, 1.82) is 5.26 Å². The summed E-state index contributed by atoms with van der Waals surface area (Å²) in [6.07, 6.45) is -3.56. The van der Waals surface area contributed by atoms with Crippen molar-refractivity contribution in [3.05, 3.63) is 0 Å². The number of nitriles is 1. The van der Waals surface area contributed by atoms with E-state index in [1.54, 1.807) is 5.32 Å². The Morgan fingerprint density at radius 1 is 1.11 bits per heavy atom. The number of halogens is 5. The van der Waals surface area contributed by atoms with Crippen molar-refractivity contribution in [3.8, 4) is 6.07 Å². The summed E-state index contributed by atoms with van der Waals surface area (Å²) in [6, 6.07) is -3.83. The molecule has 14 heteroatoms. The zero-order chi connectivity index (χ0) is 27.8. The van der Waals surface area contributed by atoms with Gasteiger partial charge in [0.15, 0.2) is 0 Å². The molecule has 2 saturated carbocycles. The van der Waals surface area contributed by atoms with Crippen LogP contribution >= 0.6 is 0 Å². The van der Waals surface area contributed by atoms with Crippen LogP contribution in [0.2, 0.25) is 0 Å². The quantitative estimate of drug-likeness (QED) is 0.399. The van der Waals surface area contributed by atoms with Crippen LogP contribution in [-0.4, -0.2) is 71.3 Å². The zero-order valence-corrected chi connectivity index (χ0v) is 20.5. The third-order valence-corrected chi connectivity index (χ3v) is 8.27. The number of rotatable bonds is 8. The average molecular weight is 548 g/mol. The molecular weight excluding hydrogens is 517 g/mol. The molecule has 2 bridgehead atoms. The minimum absolute atomic E-state index is 0.0504. The monoisotopic (exact) mass is 547 g/mol. The van der Waals surface area contributed by atoms with E-state index >= 15 is 0 Å². The van der Waals surface area contributed by atoms with Gasteiger partial charge >= 0.3 is 12.1 Å². The molecule has 9 nitrogen and oxygen atoms in total. The molecule has 0 aromatic heterocycles. The van der Waals surface area contributed by atoms with E-state index in [4.69, 9.17) is 0 Å². The van der Waals surface area contributed by atoms with E-state index in [0.717, 1.165) is 11.3 Å². The Balaban J connectivity index is 1.58. The van der Waals surface area contributed by atoms with Gasteiger partial charge in [-0.25, -0.2) is 8.78 Å². The number of hydrogen-bond donors (Lipinski definition) is 3. The van der Waals surface area contributed by atoms with Crippen LogP contribution < -0.4 is 16.0 Å². The van der Waals surface area contributed by atoms with Crippen LogP contribution in [0.1, 0.15) is 57.8 Å². The van der Waals surface area contributed by atoms with Gasteiger partial charge in [0.05, 0.1) is 12.0 Å². The standard InChI is InChI=1S/C24H30F5N5O4/c25-23(26)10-15-4-5-16(23)18(20(36)32-14(11-30)9-13-6-7-31-19(13)35)34(15)21(37)17(8-12-2-1-3-12)33-22(38)24(27,28)29/h12-18H,1-10H2,(H,31,35)(H,32,36)(H,33,38)/t13-,14-,15+,16+,17+,18+/m0/s1. The number of alkyl halides is 5. The molecule has 3 aliphatic heterocycles. The predicted molar refractivity (Wildman–Crippen MR) is 120 cm³/mol. The second-order valence-electron chi connectivity index (χ2n) is 10.8. The fourth-order valence-electron chi connectivity index (χ4n) is 6.08. The fourth-order valence-corrected chi connectivity index (χ4v) is 6.08. The first-order valence-electron chi connectivity index (χ1n) is 12.9. The summed E-state index contributed by atoms with van der Waals surface area (Å²) >= 11 is 0. The van der Waals surface area contributed by atoms with Gasteiger partial charge in [-0.15, -0.1) is 0 Å². The van der Waals surface area contributed by atoms with E-state index in [-0.39, 0.29) is 37.5 Å². The maximum Gasteiger partial charge on any atom is 0.471 e. The van der Waals surface area contributed by atoms with E-state index < -0.39 is 72.2 Å². The molecule has 0 spiro atoms. The largest absolute Gasteiger partial charge is 0.471 e. The maximum absolute atomic E-state index is 14.9. The third-order valence-electron chi connectivity index (χ3n) is 8.27. The Morgan fingerprint density at radius 2 is 1.82 bits per heavy atom. The molecule has 3 heterocycles. The Labute approximate surface area is 215 Å². The van der Waals surface area contributed by atoms with Gasteiger partial charge in [0.1, 0.15) is 18.1 Å². The van der Waals surface area contributed by atoms with E-state index in [0.29, 0.717) is 25.8 Å². The number of hydrogen-bond acceptors (Lipinski definition) is 5. The summed E-state index contributed by atoms with van der Waals surface area (Å²) in [5.41, 5.74) is 0. The highest BCUT2D eigenvalue weighted by molar-refractivity contribution is 5.94. The number of nitrogens with one attached hydrogen (secondary N) is 3. The van der Waals surface area contributed by atoms with Crippen molar-refractivity contribution < 1.29 is 41.1 Å². The summed E-state index contributed by atoms with van der Waals surface area (Å²) in [7, 11) is 0. The van der Waals surface area contributed by atoms with E-state index in [1.807, 2.05) is 6.07 Å². The van der Waals surface area contributed by atoms with Gasteiger partial charge in [-0.1, -0.05) is 19.3 Å². The normalized spacial score (nSPS) is 30.0. The van der Waals surface area contributed by atoms with Crippen LogP contribution in [0, 0.1) is 29.1 Å². The SMILES string of the molecule is N#C[C@H](C[C@@H]1CCNC1=O)NC(=O)[C@H]1[C@H]2CC[C@H](CC2(F)F)N1C(=O)[C@@H](CC1CCC1)NC(=O)C(F)(F)F. The summed E-state index contributed by atoms with van der Waals surface area (Å²) in [6.45, 7) is 0.405. The Bertz CT molecular complexity index is 1010. The van der Waals surface area contributed by atoms with Crippen LogP contribution in [0.4, 0.5) is 22.0 Å². The topological polar surface area (TPSA) is 131 Å². The lowest BCUT2D eigenvalue weighted by atomic mass is 9.71. The lowest BCUT2D eigenvalue weighted by molar-refractivity contribution is -0.196. The van der Waals surface area contributed by atoms with Gasteiger partial charge in [0.25, 0.3) is 5.92 Å². The summed E-state index contributed by atoms with van der Waals surface area (Å²) in [5.74, 6) is -10.2. The smallest absolute Gasteiger partial charge is 0.356 e. The third kappa shape index (κ3) is 5.71. The van der Waals surface area contributed by atoms with Crippen LogP contribution in [0.25, 0.3) is 0 Å². The van der Waals surface area contributed by atoms with Gasteiger partial charge < -0.3 is 20.9 Å². The Kier molecular flexibility index (Phi) is 7.86. The first-order chi connectivity index (χ1) is 17.8. The Hall–Kier alpha value is -2.98. The molecule has 5 rings (SSSR count). The lowest BCUT2D eigenvalue weighted by Crippen LogP contribution is -2.71. The molecule has 6 atom stereocenters. The number of nitrogens with zero attached hydrogens (tertiary/aromatic N) is 2.